The first-order chi connectivity index (χ1) is 11.9. The maximum Gasteiger partial charge on any atom is 0.225 e. The van der Waals surface area contributed by atoms with Crippen LogP contribution in [0.4, 0.5) is 5.69 Å². The normalized spacial score (nSPS) is 11.2. The molecule has 1 aromatic heterocycles. The van der Waals surface area contributed by atoms with Crippen molar-refractivity contribution in [3.8, 4) is 5.75 Å². The van der Waals surface area contributed by atoms with E-state index in [1.165, 1.54) is 0 Å². The average Bonchev–Trinajstić information content (AvgIpc) is 2.96. The molecule has 1 N–H and O–H groups in total. The lowest BCUT2D eigenvalue weighted by atomic mass is 10.2. The van der Waals surface area contributed by atoms with Crippen LogP contribution in [0.5, 0.6) is 5.75 Å². The summed E-state index contributed by atoms with van der Waals surface area (Å²) >= 11 is 6.00. The number of nitrogens with zero attached hydrogens (tertiary/aromatic N) is 3. The summed E-state index contributed by atoms with van der Waals surface area (Å²) in [4.78, 5) is 14.6. The zero-order chi connectivity index (χ0) is 18.4. The molecule has 0 aliphatic rings. The van der Waals surface area contributed by atoms with Crippen molar-refractivity contribution in [2.45, 2.75) is 32.9 Å². The molecule has 6 nitrogen and oxygen atoms in total. The van der Waals surface area contributed by atoms with Gasteiger partial charge in [-0.3, -0.25) is 14.4 Å². The fourth-order valence-electron chi connectivity index (χ4n) is 2.54. The Morgan fingerprint density at radius 1 is 1.44 bits per heavy atom. The van der Waals surface area contributed by atoms with Crippen LogP contribution < -0.4 is 10.1 Å². The lowest BCUT2D eigenvalue weighted by Gasteiger charge is -2.25. The third kappa shape index (κ3) is 5.76. The first-order valence-corrected chi connectivity index (χ1v) is 8.61. The van der Waals surface area contributed by atoms with Crippen molar-refractivity contribution < 1.29 is 9.53 Å². The molecule has 1 amide bonds. The zero-order valence-corrected chi connectivity index (χ0v) is 15.9. The number of halogens is 1. The van der Waals surface area contributed by atoms with E-state index in [9.17, 15) is 4.79 Å². The van der Waals surface area contributed by atoms with Crippen molar-refractivity contribution in [1.29, 1.82) is 0 Å². The summed E-state index contributed by atoms with van der Waals surface area (Å²) in [5, 5.41) is 7.62. The number of hydrogen-bond acceptors (Lipinski definition) is 4. The van der Waals surface area contributed by atoms with Gasteiger partial charge in [0.15, 0.2) is 0 Å². The van der Waals surface area contributed by atoms with Gasteiger partial charge in [0.05, 0.1) is 19.0 Å². The number of rotatable bonds is 8. The van der Waals surface area contributed by atoms with E-state index in [2.05, 4.69) is 29.2 Å². The van der Waals surface area contributed by atoms with Gasteiger partial charge in [0.2, 0.25) is 5.91 Å². The maximum absolute atomic E-state index is 12.3. The van der Waals surface area contributed by atoms with Crippen LogP contribution in [-0.4, -0.2) is 40.3 Å². The number of ether oxygens (including phenoxy) is 1. The molecule has 0 spiro atoms. The number of amides is 1. The summed E-state index contributed by atoms with van der Waals surface area (Å²) < 4.78 is 7.04. The second kappa shape index (κ2) is 8.87. The molecule has 0 saturated carbocycles. The van der Waals surface area contributed by atoms with Crippen LogP contribution in [0.3, 0.4) is 0 Å². The molecule has 136 valence electrons. The summed E-state index contributed by atoms with van der Waals surface area (Å²) in [6, 6.07) is 5.48. The van der Waals surface area contributed by atoms with Crippen LogP contribution in [0, 0.1) is 0 Å². The first kappa shape index (κ1) is 19.3. The number of carbonyl (C=O) groups excluding carboxylic acids is 1. The van der Waals surface area contributed by atoms with E-state index in [1.807, 2.05) is 19.4 Å². The van der Waals surface area contributed by atoms with E-state index in [-0.39, 0.29) is 5.91 Å². The lowest BCUT2D eigenvalue weighted by Crippen LogP contribution is -2.33. The monoisotopic (exact) mass is 364 g/mol. The highest BCUT2D eigenvalue weighted by atomic mass is 35.5. The molecule has 0 aliphatic heterocycles. The molecule has 0 saturated heterocycles. The molecule has 0 aliphatic carbocycles. The van der Waals surface area contributed by atoms with Gasteiger partial charge >= 0.3 is 0 Å². The van der Waals surface area contributed by atoms with Gasteiger partial charge in [-0.25, -0.2) is 0 Å². The second-order valence-electron chi connectivity index (χ2n) is 6.23. The van der Waals surface area contributed by atoms with Crippen molar-refractivity contribution in [3.05, 3.63) is 41.2 Å². The standard InChI is InChI=1S/C18H25ClN4O2/c1-13(2)23(12-14-10-20-22(3)11-14)8-7-18(24)21-16-9-15(19)5-6-17(16)25-4/h5-6,9-11,13H,7-8,12H2,1-4H3,(H,21,24). The van der Waals surface area contributed by atoms with Gasteiger partial charge in [-0.05, 0) is 32.0 Å². The van der Waals surface area contributed by atoms with E-state index in [1.54, 1.807) is 30.0 Å². The summed E-state index contributed by atoms with van der Waals surface area (Å²) in [5.41, 5.74) is 1.72. The highest BCUT2D eigenvalue weighted by molar-refractivity contribution is 6.31. The van der Waals surface area contributed by atoms with Gasteiger partial charge in [0.25, 0.3) is 0 Å². The van der Waals surface area contributed by atoms with Crippen molar-refractivity contribution in [2.24, 2.45) is 7.05 Å². The molecule has 0 bridgehead atoms. The van der Waals surface area contributed by atoms with Crippen LogP contribution in [0.25, 0.3) is 0 Å². The Labute approximate surface area is 153 Å². The number of anilines is 1. The van der Waals surface area contributed by atoms with Crippen LogP contribution in [0.2, 0.25) is 5.02 Å². The Morgan fingerprint density at radius 3 is 2.80 bits per heavy atom. The van der Waals surface area contributed by atoms with Crippen molar-refractivity contribution in [2.75, 3.05) is 19.0 Å². The van der Waals surface area contributed by atoms with Gasteiger partial charge in [0.1, 0.15) is 5.75 Å². The topological polar surface area (TPSA) is 59.4 Å². The van der Waals surface area contributed by atoms with E-state index in [0.717, 1.165) is 12.1 Å². The molecule has 1 aromatic carbocycles. The van der Waals surface area contributed by atoms with Crippen LogP contribution in [-0.2, 0) is 18.4 Å². The lowest BCUT2D eigenvalue weighted by molar-refractivity contribution is -0.116. The molecule has 0 fully saturated rings. The van der Waals surface area contributed by atoms with Gasteiger partial charge in [-0.15, -0.1) is 0 Å². The Kier molecular flexibility index (Phi) is 6.84. The number of aryl methyl sites for hydroxylation is 1. The van der Waals surface area contributed by atoms with Crippen LogP contribution >= 0.6 is 11.6 Å². The van der Waals surface area contributed by atoms with Gasteiger partial charge in [-0.1, -0.05) is 11.6 Å². The fraction of sp³-hybridized carbons (Fsp3) is 0.444. The Bertz CT molecular complexity index is 715. The first-order valence-electron chi connectivity index (χ1n) is 8.24. The van der Waals surface area contributed by atoms with Crippen molar-refractivity contribution in [1.82, 2.24) is 14.7 Å². The number of aromatic nitrogens is 2. The maximum atomic E-state index is 12.3. The van der Waals surface area contributed by atoms with Crippen LogP contribution in [0.1, 0.15) is 25.8 Å². The molecule has 1 heterocycles. The third-order valence-electron chi connectivity index (χ3n) is 3.94. The number of methoxy groups -OCH3 is 1. The zero-order valence-electron chi connectivity index (χ0n) is 15.1. The smallest absolute Gasteiger partial charge is 0.225 e. The fourth-order valence-corrected chi connectivity index (χ4v) is 2.72. The average molecular weight is 365 g/mol. The molecule has 2 rings (SSSR count). The molecule has 7 heteroatoms. The highest BCUT2D eigenvalue weighted by Crippen LogP contribution is 2.27. The summed E-state index contributed by atoms with van der Waals surface area (Å²) in [6.07, 6.45) is 4.23. The summed E-state index contributed by atoms with van der Waals surface area (Å²) in [7, 11) is 3.46. The van der Waals surface area contributed by atoms with Gasteiger partial charge < -0.3 is 10.1 Å². The minimum Gasteiger partial charge on any atom is -0.495 e. The van der Waals surface area contributed by atoms with Crippen LogP contribution in [0.15, 0.2) is 30.6 Å². The quantitative estimate of drug-likeness (QED) is 0.780. The molecular weight excluding hydrogens is 340 g/mol. The molecular formula is C18H25ClN4O2. The SMILES string of the molecule is COc1ccc(Cl)cc1NC(=O)CCN(Cc1cnn(C)c1)C(C)C. The van der Waals surface area contributed by atoms with Gasteiger partial charge in [0, 0.05) is 49.4 Å². The molecule has 2 aromatic rings. The minimum absolute atomic E-state index is 0.0718. The molecule has 0 unspecified atom stereocenters. The number of benzene rings is 1. The number of carbonyl (C=O) groups is 1. The number of nitrogens with one attached hydrogen (secondary N) is 1. The Hall–Kier alpha value is -2.05. The largest absolute Gasteiger partial charge is 0.495 e. The Morgan fingerprint density at radius 2 is 2.20 bits per heavy atom. The van der Waals surface area contributed by atoms with Gasteiger partial charge in [-0.2, -0.15) is 5.10 Å². The second-order valence-corrected chi connectivity index (χ2v) is 6.67. The van der Waals surface area contributed by atoms with E-state index in [4.69, 9.17) is 16.3 Å². The summed E-state index contributed by atoms with van der Waals surface area (Å²) in [6.45, 7) is 5.66. The Balaban J connectivity index is 1.93. The summed E-state index contributed by atoms with van der Waals surface area (Å²) in [5.74, 6) is 0.520. The molecule has 25 heavy (non-hydrogen) atoms. The molecule has 0 atom stereocenters. The minimum atomic E-state index is -0.0718. The van der Waals surface area contributed by atoms with Crippen molar-refractivity contribution in [3.63, 3.8) is 0 Å². The third-order valence-corrected chi connectivity index (χ3v) is 4.17. The van der Waals surface area contributed by atoms with E-state index >= 15 is 0 Å². The predicted octanol–water partition coefficient (Wildman–Crippen LogP) is 3.32. The highest BCUT2D eigenvalue weighted by Gasteiger charge is 2.14. The van der Waals surface area contributed by atoms with Crippen molar-refractivity contribution >= 4 is 23.2 Å². The van der Waals surface area contributed by atoms with E-state index in [0.29, 0.717) is 35.5 Å². The van der Waals surface area contributed by atoms with E-state index < -0.39 is 0 Å². The number of hydrogen-bond donors (Lipinski definition) is 1. The molecule has 0 radical (unpaired) electrons. The predicted molar refractivity (Wildman–Crippen MR) is 100 cm³/mol.